The molecule has 3 nitrogen and oxygen atoms in total. The zero-order valence-electron chi connectivity index (χ0n) is 6.46. The van der Waals surface area contributed by atoms with Crippen molar-refractivity contribution in [2.45, 2.75) is 4.90 Å². The van der Waals surface area contributed by atoms with Crippen LogP contribution in [0, 0.1) is 17.1 Å². The third-order valence-electron chi connectivity index (χ3n) is 1.41. The van der Waals surface area contributed by atoms with Gasteiger partial charge < -0.3 is 0 Å². The molecule has 1 rings (SSSR count). The Labute approximate surface area is 92.7 Å². The fourth-order valence-electron chi connectivity index (χ4n) is 0.876. The number of rotatable bonds is 1. The quantitative estimate of drug-likeness (QED) is 0.748. The Morgan fingerprint density at radius 2 is 2.07 bits per heavy atom. The lowest BCUT2D eigenvalue weighted by Gasteiger charge is -2.02. The predicted molar refractivity (Wildman–Crippen MR) is 51.9 cm³/mol. The van der Waals surface area contributed by atoms with Crippen LogP contribution in [0.5, 0.6) is 0 Å². The topological polar surface area (TPSA) is 57.9 Å². The van der Waals surface area contributed by atoms with Crippen LogP contribution in [-0.2, 0) is 9.05 Å². The highest BCUT2D eigenvalue weighted by Gasteiger charge is 2.22. The van der Waals surface area contributed by atoms with Crippen molar-refractivity contribution in [2.24, 2.45) is 0 Å². The molecule has 0 aliphatic heterocycles. The normalized spacial score (nSPS) is 11.0. The van der Waals surface area contributed by atoms with Crippen LogP contribution in [0.1, 0.15) is 5.56 Å². The standard InChI is InChI=1S/C7H2BrClFNO2S/c8-5-1-2-6(10)4(3-11)7(5)14(9,12)13/h1-2H. The van der Waals surface area contributed by atoms with Gasteiger partial charge in [0, 0.05) is 15.2 Å². The number of nitriles is 1. The zero-order chi connectivity index (χ0) is 10.9. The lowest BCUT2D eigenvalue weighted by molar-refractivity contribution is 0.599. The molecule has 0 spiro atoms. The van der Waals surface area contributed by atoms with E-state index in [1.807, 2.05) is 0 Å². The Balaban J connectivity index is 3.74. The fourth-order valence-corrected chi connectivity index (χ4v) is 3.29. The highest BCUT2D eigenvalue weighted by molar-refractivity contribution is 9.10. The SMILES string of the molecule is N#Cc1c(F)ccc(Br)c1S(=O)(=O)Cl. The molecule has 0 aromatic heterocycles. The van der Waals surface area contributed by atoms with E-state index in [0.29, 0.717) is 0 Å². The first-order valence-corrected chi connectivity index (χ1v) is 6.31. The highest BCUT2D eigenvalue weighted by Crippen LogP contribution is 2.29. The Hall–Kier alpha value is -0.640. The first-order chi connectivity index (χ1) is 6.38. The van der Waals surface area contributed by atoms with Crippen LogP contribution in [0.4, 0.5) is 4.39 Å². The van der Waals surface area contributed by atoms with E-state index >= 15 is 0 Å². The molecular weight excluding hydrogens is 297 g/mol. The van der Waals surface area contributed by atoms with E-state index in [1.165, 1.54) is 12.1 Å². The molecule has 0 atom stereocenters. The van der Waals surface area contributed by atoms with Crippen molar-refractivity contribution in [1.82, 2.24) is 0 Å². The fraction of sp³-hybridized carbons (Fsp3) is 0. The molecule has 0 amide bonds. The van der Waals surface area contributed by atoms with Gasteiger partial charge in [0.05, 0.1) is 0 Å². The molecule has 14 heavy (non-hydrogen) atoms. The molecule has 0 fully saturated rings. The minimum atomic E-state index is -4.14. The van der Waals surface area contributed by atoms with Crippen LogP contribution in [-0.4, -0.2) is 8.42 Å². The van der Waals surface area contributed by atoms with E-state index in [4.69, 9.17) is 15.9 Å². The predicted octanol–water partition coefficient (Wildman–Crippen LogP) is 2.39. The van der Waals surface area contributed by atoms with Crippen molar-refractivity contribution in [1.29, 1.82) is 5.26 Å². The average molecular weight is 299 g/mol. The molecule has 0 aliphatic rings. The van der Waals surface area contributed by atoms with Crippen molar-refractivity contribution in [3.63, 3.8) is 0 Å². The number of nitrogens with zero attached hydrogens (tertiary/aromatic N) is 1. The summed E-state index contributed by atoms with van der Waals surface area (Å²) in [5, 5.41) is 8.55. The molecule has 7 heteroatoms. The van der Waals surface area contributed by atoms with Gasteiger partial charge in [0.1, 0.15) is 22.3 Å². The molecule has 0 heterocycles. The van der Waals surface area contributed by atoms with Crippen molar-refractivity contribution in [2.75, 3.05) is 0 Å². The second-order valence-electron chi connectivity index (χ2n) is 2.28. The second-order valence-corrected chi connectivity index (χ2v) is 5.64. The van der Waals surface area contributed by atoms with E-state index < -0.39 is 25.3 Å². The van der Waals surface area contributed by atoms with Crippen LogP contribution in [0.2, 0.25) is 0 Å². The van der Waals surface area contributed by atoms with Gasteiger partial charge in [-0.1, -0.05) is 0 Å². The zero-order valence-corrected chi connectivity index (χ0v) is 9.62. The molecule has 0 bridgehead atoms. The lowest BCUT2D eigenvalue weighted by atomic mass is 10.2. The molecule has 0 saturated heterocycles. The number of hydrogen-bond acceptors (Lipinski definition) is 3. The van der Waals surface area contributed by atoms with E-state index in [1.54, 1.807) is 0 Å². The molecule has 74 valence electrons. The summed E-state index contributed by atoms with van der Waals surface area (Å²) in [5.74, 6) is -0.921. The molecular formula is C7H2BrClFNO2S. The summed E-state index contributed by atoms with van der Waals surface area (Å²) >= 11 is 2.88. The number of hydrogen-bond donors (Lipinski definition) is 0. The van der Waals surface area contributed by atoms with Crippen molar-refractivity contribution < 1.29 is 12.8 Å². The van der Waals surface area contributed by atoms with Crippen LogP contribution < -0.4 is 0 Å². The molecule has 0 saturated carbocycles. The van der Waals surface area contributed by atoms with Gasteiger partial charge >= 0.3 is 0 Å². The van der Waals surface area contributed by atoms with Gasteiger partial charge in [0.25, 0.3) is 9.05 Å². The molecule has 1 aromatic carbocycles. The molecule has 0 N–H and O–H groups in total. The monoisotopic (exact) mass is 297 g/mol. The molecule has 0 radical (unpaired) electrons. The minimum absolute atomic E-state index is 0.0606. The summed E-state index contributed by atoms with van der Waals surface area (Å²) in [4.78, 5) is -0.540. The molecule has 0 unspecified atom stereocenters. The largest absolute Gasteiger partial charge is 0.263 e. The molecule has 1 aromatic rings. The van der Waals surface area contributed by atoms with Crippen molar-refractivity contribution in [3.05, 3.63) is 28.0 Å². The van der Waals surface area contributed by atoms with Gasteiger partial charge in [-0.05, 0) is 28.1 Å². The first kappa shape index (κ1) is 11.4. The maximum atomic E-state index is 13.0. The van der Waals surface area contributed by atoms with Gasteiger partial charge in [-0.2, -0.15) is 5.26 Å². The van der Waals surface area contributed by atoms with Gasteiger partial charge in [-0.3, -0.25) is 0 Å². The van der Waals surface area contributed by atoms with Gasteiger partial charge in [-0.15, -0.1) is 0 Å². The van der Waals surface area contributed by atoms with E-state index in [9.17, 15) is 12.8 Å². The first-order valence-electron chi connectivity index (χ1n) is 3.20. The molecule has 0 aliphatic carbocycles. The smallest absolute Gasteiger partial charge is 0.207 e. The minimum Gasteiger partial charge on any atom is -0.207 e. The maximum Gasteiger partial charge on any atom is 0.263 e. The lowest BCUT2D eigenvalue weighted by Crippen LogP contribution is -1.99. The Kier molecular flexibility index (Phi) is 3.14. The van der Waals surface area contributed by atoms with Gasteiger partial charge in [-0.25, -0.2) is 12.8 Å². The van der Waals surface area contributed by atoms with Gasteiger partial charge in [0.2, 0.25) is 0 Å². The van der Waals surface area contributed by atoms with Crippen LogP contribution in [0.3, 0.4) is 0 Å². The third kappa shape index (κ3) is 2.05. The third-order valence-corrected chi connectivity index (χ3v) is 3.71. The number of halogens is 3. The van der Waals surface area contributed by atoms with E-state index in [0.717, 1.165) is 6.07 Å². The summed E-state index contributed by atoms with van der Waals surface area (Å²) in [7, 11) is 0.908. The Morgan fingerprint density at radius 3 is 2.43 bits per heavy atom. The highest BCUT2D eigenvalue weighted by atomic mass is 79.9. The van der Waals surface area contributed by atoms with Crippen molar-refractivity contribution >= 4 is 35.7 Å². The summed E-state index contributed by atoms with van der Waals surface area (Å²) in [6.07, 6.45) is 0. The second kappa shape index (κ2) is 3.85. The summed E-state index contributed by atoms with van der Waals surface area (Å²) in [6.45, 7) is 0. The maximum absolute atomic E-state index is 13.0. The average Bonchev–Trinajstić information content (AvgIpc) is 2.06. The Bertz CT molecular complexity index is 523. The van der Waals surface area contributed by atoms with Crippen LogP contribution >= 0.6 is 26.6 Å². The van der Waals surface area contributed by atoms with Gasteiger partial charge in [0.15, 0.2) is 0 Å². The van der Waals surface area contributed by atoms with Crippen molar-refractivity contribution in [3.8, 4) is 6.07 Å². The van der Waals surface area contributed by atoms with E-state index in [2.05, 4.69) is 15.9 Å². The summed E-state index contributed by atoms with van der Waals surface area (Å²) < 4.78 is 35.1. The number of benzene rings is 1. The van der Waals surface area contributed by atoms with Crippen LogP contribution in [0.15, 0.2) is 21.5 Å². The summed E-state index contributed by atoms with van der Waals surface area (Å²) in [5.41, 5.74) is -0.589. The summed E-state index contributed by atoms with van der Waals surface area (Å²) in [6, 6.07) is 3.60. The Morgan fingerprint density at radius 1 is 1.50 bits per heavy atom. The van der Waals surface area contributed by atoms with E-state index in [-0.39, 0.29) is 4.47 Å². The van der Waals surface area contributed by atoms with Crippen LogP contribution in [0.25, 0.3) is 0 Å².